The van der Waals surface area contributed by atoms with Gasteiger partial charge in [-0.3, -0.25) is 10.1 Å². The van der Waals surface area contributed by atoms with Crippen molar-refractivity contribution >= 4 is 28.9 Å². The van der Waals surface area contributed by atoms with Crippen molar-refractivity contribution < 1.29 is 9.31 Å². The Bertz CT molecular complexity index is 463. The number of nitro benzene ring substituents is 1. The third-order valence-corrected chi connectivity index (χ3v) is 3.67. The SMILES string of the molecule is O=[N+]([O-])c1cc(Cl)c(F)cc1CC(Cl)C1CC1. The molecule has 1 aromatic carbocycles. The molecule has 0 aromatic heterocycles. The molecule has 0 N–H and O–H groups in total. The number of halogens is 3. The predicted molar refractivity (Wildman–Crippen MR) is 64.1 cm³/mol. The van der Waals surface area contributed by atoms with E-state index in [1.54, 1.807) is 0 Å². The van der Waals surface area contributed by atoms with Crippen molar-refractivity contribution in [1.82, 2.24) is 0 Å². The van der Waals surface area contributed by atoms with E-state index in [9.17, 15) is 14.5 Å². The Kier molecular flexibility index (Phi) is 3.54. The summed E-state index contributed by atoms with van der Waals surface area (Å²) in [7, 11) is 0. The molecule has 0 aliphatic heterocycles. The lowest BCUT2D eigenvalue weighted by atomic mass is 10.0. The molecule has 2 rings (SSSR count). The molecular weight excluding hydrogens is 268 g/mol. The molecular formula is C11H10Cl2FNO2. The van der Waals surface area contributed by atoms with Gasteiger partial charge in [0.25, 0.3) is 5.69 Å². The van der Waals surface area contributed by atoms with Gasteiger partial charge >= 0.3 is 0 Å². The van der Waals surface area contributed by atoms with Gasteiger partial charge < -0.3 is 0 Å². The Morgan fingerprint density at radius 1 is 1.53 bits per heavy atom. The molecule has 0 saturated heterocycles. The first kappa shape index (κ1) is 12.6. The van der Waals surface area contributed by atoms with E-state index in [-0.39, 0.29) is 16.1 Å². The Morgan fingerprint density at radius 3 is 2.71 bits per heavy atom. The van der Waals surface area contributed by atoms with Crippen molar-refractivity contribution in [2.24, 2.45) is 5.92 Å². The summed E-state index contributed by atoms with van der Waals surface area (Å²) < 4.78 is 13.3. The maximum Gasteiger partial charge on any atom is 0.274 e. The monoisotopic (exact) mass is 277 g/mol. The summed E-state index contributed by atoms with van der Waals surface area (Å²) in [6, 6.07) is 2.15. The molecule has 6 heteroatoms. The zero-order chi connectivity index (χ0) is 12.6. The van der Waals surface area contributed by atoms with Crippen LogP contribution in [0.4, 0.5) is 10.1 Å². The highest BCUT2D eigenvalue weighted by Crippen LogP contribution is 2.38. The molecule has 0 spiro atoms. The van der Waals surface area contributed by atoms with Gasteiger partial charge in [0.2, 0.25) is 0 Å². The first-order chi connectivity index (χ1) is 7.99. The number of hydrogen-bond acceptors (Lipinski definition) is 2. The minimum Gasteiger partial charge on any atom is -0.258 e. The smallest absolute Gasteiger partial charge is 0.258 e. The van der Waals surface area contributed by atoms with Crippen LogP contribution in [0.1, 0.15) is 18.4 Å². The maximum absolute atomic E-state index is 13.3. The standard InChI is InChI=1S/C11H10Cl2FNO2/c12-8(6-1-2-6)3-7-4-10(14)9(13)5-11(7)15(16)17/h4-6,8H,1-3H2. The third-order valence-electron chi connectivity index (χ3n) is 2.87. The van der Waals surface area contributed by atoms with Gasteiger partial charge in [-0.05, 0) is 31.2 Å². The van der Waals surface area contributed by atoms with Gasteiger partial charge in [0.1, 0.15) is 5.82 Å². The highest BCUT2D eigenvalue weighted by atomic mass is 35.5. The van der Waals surface area contributed by atoms with Crippen LogP contribution in [-0.4, -0.2) is 10.3 Å². The van der Waals surface area contributed by atoms with Crippen molar-refractivity contribution in [1.29, 1.82) is 0 Å². The van der Waals surface area contributed by atoms with Gasteiger partial charge in [0.15, 0.2) is 0 Å². The Morgan fingerprint density at radius 2 is 2.18 bits per heavy atom. The van der Waals surface area contributed by atoms with Crippen LogP contribution in [-0.2, 0) is 6.42 Å². The van der Waals surface area contributed by atoms with E-state index >= 15 is 0 Å². The minimum atomic E-state index is -0.646. The summed E-state index contributed by atoms with van der Waals surface area (Å²) in [6.07, 6.45) is 2.38. The third kappa shape index (κ3) is 2.87. The largest absolute Gasteiger partial charge is 0.274 e. The van der Waals surface area contributed by atoms with Crippen LogP contribution in [0, 0.1) is 21.8 Å². The topological polar surface area (TPSA) is 43.1 Å². The van der Waals surface area contributed by atoms with Gasteiger partial charge in [-0.25, -0.2) is 4.39 Å². The molecule has 1 saturated carbocycles. The molecule has 1 aliphatic rings. The average molecular weight is 278 g/mol. The number of rotatable bonds is 4. The van der Waals surface area contributed by atoms with Crippen LogP contribution >= 0.6 is 23.2 Å². The molecule has 1 fully saturated rings. The van der Waals surface area contributed by atoms with Crippen molar-refractivity contribution in [2.75, 3.05) is 0 Å². The van der Waals surface area contributed by atoms with E-state index in [1.165, 1.54) is 0 Å². The molecule has 0 radical (unpaired) electrons. The zero-order valence-electron chi connectivity index (χ0n) is 8.83. The van der Waals surface area contributed by atoms with E-state index in [0.717, 1.165) is 25.0 Å². The lowest BCUT2D eigenvalue weighted by Gasteiger charge is -2.09. The van der Waals surface area contributed by atoms with Crippen LogP contribution in [0.25, 0.3) is 0 Å². The number of nitrogens with zero attached hydrogens (tertiary/aromatic N) is 1. The summed E-state index contributed by atoms with van der Waals surface area (Å²) in [5.74, 6) is -0.248. The summed E-state index contributed by atoms with van der Waals surface area (Å²) >= 11 is 11.6. The van der Waals surface area contributed by atoms with Crippen molar-refractivity contribution in [3.05, 3.63) is 38.7 Å². The summed E-state index contributed by atoms with van der Waals surface area (Å²) in [5.41, 5.74) is 0.145. The number of nitro groups is 1. The quantitative estimate of drug-likeness (QED) is 0.475. The molecule has 92 valence electrons. The predicted octanol–water partition coefficient (Wildman–Crippen LogP) is 3.95. The van der Waals surface area contributed by atoms with E-state index in [4.69, 9.17) is 23.2 Å². The Hall–Kier alpha value is -0.870. The van der Waals surface area contributed by atoms with Crippen LogP contribution in [0.3, 0.4) is 0 Å². The molecule has 1 unspecified atom stereocenters. The lowest BCUT2D eigenvalue weighted by molar-refractivity contribution is -0.385. The molecule has 0 bridgehead atoms. The fourth-order valence-corrected chi connectivity index (χ4v) is 2.32. The van der Waals surface area contributed by atoms with Crippen LogP contribution in [0.2, 0.25) is 5.02 Å². The highest BCUT2D eigenvalue weighted by molar-refractivity contribution is 6.31. The first-order valence-electron chi connectivity index (χ1n) is 5.25. The molecule has 1 aromatic rings. The van der Waals surface area contributed by atoms with Crippen molar-refractivity contribution in [3.8, 4) is 0 Å². The normalized spacial score (nSPS) is 16.9. The second-order valence-electron chi connectivity index (χ2n) is 4.21. The Labute approximate surface area is 108 Å². The van der Waals surface area contributed by atoms with E-state index in [1.807, 2.05) is 0 Å². The van der Waals surface area contributed by atoms with Crippen molar-refractivity contribution in [2.45, 2.75) is 24.6 Å². The average Bonchev–Trinajstić information content (AvgIpc) is 3.06. The molecule has 1 atom stereocenters. The minimum absolute atomic E-state index is 0.164. The zero-order valence-corrected chi connectivity index (χ0v) is 10.3. The second-order valence-corrected chi connectivity index (χ2v) is 5.18. The van der Waals surface area contributed by atoms with Crippen LogP contribution < -0.4 is 0 Å². The first-order valence-corrected chi connectivity index (χ1v) is 6.07. The van der Waals surface area contributed by atoms with E-state index in [2.05, 4.69) is 0 Å². The molecule has 0 amide bonds. The van der Waals surface area contributed by atoms with Gasteiger partial charge in [-0.15, -0.1) is 11.6 Å². The second kappa shape index (κ2) is 4.78. The van der Waals surface area contributed by atoms with E-state index < -0.39 is 10.7 Å². The number of benzene rings is 1. The molecule has 0 heterocycles. The molecule has 3 nitrogen and oxygen atoms in total. The van der Waals surface area contributed by atoms with Gasteiger partial charge in [0.05, 0.1) is 9.95 Å². The lowest BCUT2D eigenvalue weighted by Crippen LogP contribution is -2.08. The highest BCUT2D eigenvalue weighted by Gasteiger charge is 2.31. The van der Waals surface area contributed by atoms with Crippen LogP contribution in [0.5, 0.6) is 0 Å². The fourth-order valence-electron chi connectivity index (χ4n) is 1.75. The maximum atomic E-state index is 13.3. The summed E-state index contributed by atoms with van der Waals surface area (Å²) in [4.78, 5) is 10.3. The van der Waals surface area contributed by atoms with Gasteiger partial charge in [-0.1, -0.05) is 11.6 Å². The number of hydrogen-bond donors (Lipinski definition) is 0. The van der Waals surface area contributed by atoms with Crippen LogP contribution in [0.15, 0.2) is 12.1 Å². The van der Waals surface area contributed by atoms with Gasteiger partial charge in [0, 0.05) is 17.0 Å². The molecule has 17 heavy (non-hydrogen) atoms. The van der Waals surface area contributed by atoms with Gasteiger partial charge in [-0.2, -0.15) is 0 Å². The number of alkyl halides is 1. The fraction of sp³-hybridized carbons (Fsp3) is 0.455. The molecule has 1 aliphatic carbocycles. The van der Waals surface area contributed by atoms with E-state index in [0.29, 0.717) is 17.9 Å². The summed E-state index contributed by atoms with van der Waals surface area (Å²) in [6.45, 7) is 0. The Balaban J connectivity index is 2.29. The van der Waals surface area contributed by atoms with Crippen molar-refractivity contribution in [3.63, 3.8) is 0 Å². The summed E-state index contributed by atoms with van der Waals surface area (Å²) in [5, 5.41) is 10.4.